The smallest absolute Gasteiger partial charge is 0.252 e. The van der Waals surface area contributed by atoms with Gasteiger partial charge in [0.15, 0.2) is 0 Å². The average molecular weight is 269 g/mol. The van der Waals surface area contributed by atoms with Crippen molar-refractivity contribution in [1.82, 2.24) is 5.32 Å². The Morgan fingerprint density at radius 1 is 1.44 bits per heavy atom. The third kappa shape index (κ3) is 4.23. The SMILES string of the molecule is CCS(=O)c1ccccc1C(=O)NCCC(C)O. The molecule has 0 radical (unpaired) electrons. The molecule has 0 heterocycles. The van der Waals surface area contributed by atoms with Crippen molar-refractivity contribution in [2.45, 2.75) is 31.3 Å². The fourth-order valence-corrected chi connectivity index (χ4v) is 2.45. The highest BCUT2D eigenvalue weighted by Crippen LogP contribution is 2.13. The molecule has 0 fully saturated rings. The highest BCUT2D eigenvalue weighted by molar-refractivity contribution is 7.85. The fraction of sp³-hybridized carbons (Fsp3) is 0.462. The number of carbonyl (C=O) groups excluding carboxylic acids is 1. The zero-order valence-corrected chi connectivity index (χ0v) is 11.5. The second-order valence-corrected chi connectivity index (χ2v) is 5.73. The Bertz CT molecular complexity index is 432. The standard InChI is InChI=1S/C13H19NO3S/c1-3-18(17)12-7-5-4-6-11(12)13(16)14-9-8-10(2)15/h4-7,10,15H,3,8-9H2,1-2H3,(H,14,16). The molecule has 2 unspecified atom stereocenters. The Morgan fingerprint density at radius 3 is 2.72 bits per heavy atom. The first-order valence-corrected chi connectivity index (χ1v) is 7.31. The van der Waals surface area contributed by atoms with Gasteiger partial charge < -0.3 is 10.4 Å². The van der Waals surface area contributed by atoms with Gasteiger partial charge in [0.05, 0.1) is 27.4 Å². The van der Waals surface area contributed by atoms with E-state index in [1.807, 2.05) is 6.92 Å². The molecule has 5 heteroatoms. The van der Waals surface area contributed by atoms with Gasteiger partial charge in [-0.05, 0) is 25.5 Å². The van der Waals surface area contributed by atoms with Crippen molar-refractivity contribution in [2.75, 3.05) is 12.3 Å². The number of aliphatic hydroxyl groups is 1. The minimum atomic E-state index is -1.15. The van der Waals surface area contributed by atoms with Gasteiger partial charge in [-0.25, -0.2) is 0 Å². The summed E-state index contributed by atoms with van der Waals surface area (Å²) in [5.41, 5.74) is 0.447. The van der Waals surface area contributed by atoms with Gasteiger partial charge in [-0.1, -0.05) is 19.1 Å². The van der Waals surface area contributed by atoms with Crippen molar-refractivity contribution in [1.29, 1.82) is 0 Å². The van der Waals surface area contributed by atoms with E-state index in [0.29, 0.717) is 29.2 Å². The third-order valence-electron chi connectivity index (χ3n) is 2.49. The Morgan fingerprint density at radius 2 is 2.11 bits per heavy atom. The van der Waals surface area contributed by atoms with Crippen molar-refractivity contribution >= 4 is 16.7 Å². The maximum Gasteiger partial charge on any atom is 0.252 e. The number of nitrogens with one attached hydrogen (secondary N) is 1. The number of hydrogen-bond acceptors (Lipinski definition) is 3. The highest BCUT2D eigenvalue weighted by Gasteiger charge is 2.14. The van der Waals surface area contributed by atoms with Crippen molar-refractivity contribution in [2.24, 2.45) is 0 Å². The summed E-state index contributed by atoms with van der Waals surface area (Å²) in [6.07, 6.45) is 0.0652. The molecule has 1 amide bonds. The van der Waals surface area contributed by atoms with Crippen molar-refractivity contribution < 1.29 is 14.1 Å². The maximum atomic E-state index is 11.9. The van der Waals surface area contributed by atoms with Crippen molar-refractivity contribution in [3.63, 3.8) is 0 Å². The van der Waals surface area contributed by atoms with Crippen LogP contribution in [0.2, 0.25) is 0 Å². The van der Waals surface area contributed by atoms with Crippen LogP contribution in [0.4, 0.5) is 0 Å². The van der Waals surface area contributed by atoms with Gasteiger partial charge >= 0.3 is 0 Å². The van der Waals surface area contributed by atoms with Crippen LogP contribution in [0.3, 0.4) is 0 Å². The van der Waals surface area contributed by atoms with E-state index >= 15 is 0 Å². The van der Waals surface area contributed by atoms with Crippen LogP contribution in [-0.2, 0) is 10.8 Å². The molecule has 0 saturated carbocycles. The third-order valence-corrected chi connectivity index (χ3v) is 3.86. The predicted molar refractivity (Wildman–Crippen MR) is 72.0 cm³/mol. The van der Waals surface area contributed by atoms with Gasteiger partial charge in [0.1, 0.15) is 0 Å². The minimum absolute atomic E-state index is 0.243. The van der Waals surface area contributed by atoms with Crippen LogP contribution in [0.5, 0.6) is 0 Å². The van der Waals surface area contributed by atoms with Crippen LogP contribution in [-0.4, -0.2) is 33.6 Å². The lowest BCUT2D eigenvalue weighted by Gasteiger charge is -2.10. The topological polar surface area (TPSA) is 66.4 Å². The fourth-order valence-electron chi connectivity index (χ4n) is 1.50. The predicted octanol–water partition coefficient (Wildman–Crippen LogP) is 1.31. The molecule has 0 saturated heterocycles. The van der Waals surface area contributed by atoms with E-state index in [1.165, 1.54) is 0 Å². The number of hydrogen-bond donors (Lipinski definition) is 2. The molecule has 0 bridgehead atoms. The molecule has 100 valence electrons. The summed E-state index contributed by atoms with van der Waals surface area (Å²) in [7, 11) is -1.15. The normalized spacial score (nSPS) is 13.9. The zero-order valence-electron chi connectivity index (χ0n) is 10.7. The summed E-state index contributed by atoms with van der Waals surface area (Å²) < 4.78 is 11.8. The van der Waals surface area contributed by atoms with E-state index in [0.717, 1.165) is 0 Å². The molecule has 2 N–H and O–H groups in total. The lowest BCUT2D eigenvalue weighted by molar-refractivity contribution is 0.0942. The monoisotopic (exact) mass is 269 g/mol. The molecule has 2 atom stereocenters. The molecule has 1 rings (SSSR count). The molecular weight excluding hydrogens is 250 g/mol. The van der Waals surface area contributed by atoms with Gasteiger partial charge in [-0.15, -0.1) is 0 Å². The second kappa shape index (κ2) is 7.28. The molecule has 0 aliphatic heterocycles. The van der Waals surface area contributed by atoms with Gasteiger partial charge in [0.2, 0.25) is 0 Å². The molecule has 0 aliphatic rings. The number of benzene rings is 1. The van der Waals surface area contributed by atoms with Crippen LogP contribution in [0.25, 0.3) is 0 Å². The molecular formula is C13H19NO3S. The van der Waals surface area contributed by atoms with E-state index in [2.05, 4.69) is 5.32 Å². The van der Waals surface area contributed by atoms with E-state index in [9.17, 15) is 9.00 Å². The molecule has 1 aromatic carbocycles. The first kappa shape index (κ1) is 14.9. The van der Waals surface area contributed by atoms with Gasteiger partial charge in [-0.2, -0.15) is 0 Å². The molecule has 0 aliphatic carbocycles. The van der Waals surface area contributed by atoms with Gasteiger partial charge in [0.25, 0.3) is 5.91 Å². The average Bonchev–Trinajstić information content (AvgIpc) is 2.37. The zero-order chi connectivity index (χ0) is 13.5. The molecule has 4 nitrogen and oxygen atoms in total. The lowest BCUT2D eigenvalue weighted by atomic mass is 10.2. The summed E-state index contributed by atoms with van der Waals surface area (Å²) in [6, 6.07) is 6.90. The summed E-state index contributed by atoms with van der Waals surface area (Å²) in [6.45, 7) is 3.90. The molecule has 1 aromatic rings. The molecule has 18 heavy (non-hydrogen) atoms. The molecule has 0 spiro atoms. The highest BCUT2D eigenvalue weighted by atomic mass is 32.2. The largest absolute Gasteiger partial charge is 0.393 e. The van der Waals surface area contributed by atoms with Gasteiger partial charge in [-0.3, -0.25) is 9.00 Å². The van der Waals surface area contributed by atoms with E-state index in [-0.39, 0.29) is 5.91 Å². The number of amides is 1. The Kier molecular flexibility index (Phi) is 6.01. The Balaban J connectivity index is 2.76. The van der Waals surface area contributed by atoms with E-state index < -0.39 is 16.9 Å². The maximum absolute atomic E-state index is 11.9. The van der Waals surface area contributed by atoms with Crippen LogP contribution in [0, 0.1) is 0 Å². The van der Waals surface area contributed by atoms with Crippen LogP contribution < -0.4 is 5.32 Å². The number of carbonyl (C=O) groups is 1. The first-order valence-electron chi connectivity index (χ1n) is 6.00. The number of rotatable bonds is 6. The van der Waals surface area contributed by atoms with Crippen molar-refractivity contribution in [3.8, 4) is 0 Å². The lowest BCUT2D eigenvalue weighted by Crippen LogP contribution is -2.27. The Hall–Kier alpha value is -1.20. The van der Waals surface area contributed by atoms with Gasteiger partial charge in [0, 0.05) is 12.3 Å². The first-order chi connectivity index (χ1) is 8.56. The second-order valence-electron chi connectivity index (χ2n) is 4.02. The van der Waals surface area contributed by atoms with Crippen molar-refractivity contribution in [3.05, 3.63) is 29.8 Å². The summed E-state index contributed by atoms with van der Waals surface area (Å²) in [5, 5.41) is 11.8. The number of aliphatic hydroxyl groups excluding tert-OH is 1. The quantitative estimate of drug-likeness (QED) is 0.818. The van der Waals surface area contributed by atoms with Crippen LogP contribution in [0.1, 0.15) is 30.6 Å². The summed E-state index contributed by atoms with van der Waals surface area (Å²) >= 11 is 0. The van der Waals surface area contributed by atoms with E-state index in [4.69, 9.17) is 5.11 Å². The minimum Gasteiger partial charge on any atom is -0.393 e. The summed E-state index contributed by atoms with van der Waals surface area (Å²) in [5.74, 6) is 0.242. The molecule has 0 aromatic heterocycles. The Labute approximate surface area is 110 Å². The van der Waals surface area contributed by atoms with E-state index in [1.54, 1.807) is 31.2 Å². The van der Waals surface area contributed by atoms with Crippen LogP contribution >= 0.6 is 0 Å². The summed E-state index contributed by atoms with van der Waals surface area (Å²) in [4.78, 5) is 12.5. The van der Waals surface area contributed by atoms with Crippen LogP contribution in [0.15, 0.2) is 29.2 Å².